The summed E-state index contributed by atoms with van der Waals surface area (Å²) in [5.74, 6) is -0.908. The van der Waals surface area contributed by atoms with Crippen molar-refractivity contribution in [2.75, 3.05) is 0 Å². The highest BCUT2D eigenvalue weighted by molar-refractivity contribution is 5.93. The Kier molecular flexibility index (Phi) is 1.84. The third kappa shape index (κ3) is 1.34. The number of nitrogens with one attached hydrogen (secondary N) is 1. The van der Waals surface area contributed by atoms with Crippen LogP contribution in [-0.2, 0) is 0 Å². The maximum absolute atomic E-state index is 11.9. The van der Waals surface area contributed by atoms with Crippen molar-refractivity contribution in [3.63, 3.8) is 0 Å². The number of aromatic amines is 1. The van der Waals surface area contributed by atoms with Gasteiger partial charge in [-0.05, 0) is 0 Å². The maximum Gasteiger partial charge on any atom is 0.282 e. The van der Waals surface area contributed by atoms with Gasteiger partial charge in [-0.25, -0.2) is 8.78 Å². The normalized spacial score (nSPS) is 10.5. The van der Waals surface area contributed by atoms with Crippen molar-refractivity contribution in [1.29, 1.82) is 0 Å². The smallest absolute Gasteiger partial charge is 0.282 e. The molecule has 0 aliphatic rings. The molecular formula is C5H5F2N3O. The van der Waals surface area contributed by atoms with Crippen molar-refractivity contribution in [3.8, 4) is 0 Å². The first-order chi connectivity index (χ1) is 5.13. The molecule has 0 unspecified atom stereocenters. The van der Waals surface area contributed by atoms with Crippen molar-refractivity contribution < 1.29 is 13.6 Å². The fourth-order valence-electron chi connectivity index (χ4n) is 0.664. The van der Waals surface area contributed by atoms with Crippen molar-refractivity contribution in [3.05, 3.63) is 17.5 Å². The number of amides is 1. The third-order valence-electron chi connectivity index (χ3n) is 1.14. The van der Waals surface area contributed by atoms with Gasteiger partial charge in [-0.1, -0.05) is 0 Å². The van der Waals surface area contributed by atoms with Crippen LogP contribution in [0.3, 0.4) is 0 Å². The van der Waals surface area contributed by atoms with Crippen LogP contribution in [0.5, 0.6) is 0 Å². The number of carbonyl (C=O) groups excluding carboxylic acids is 1. The van der Waals surface area contributed by atoms with Gasteiger partial charge in [0.05, 0.1) is 5.56 Å². The van der Waals surface area contributed by atoms with E-state index in [1.54, 1.807) is 0 Å². The number of H-pyrrole nitrogens is 1. The molecule has 0 saturated heterocycles. The SMILES string of the molecule is NC(=O)c1c[nH]nc1C(F)F. The Morgan fingerprint density at radius 1 is 1.73 bits per heavy atom. The number of alkyl halides is 2. The zero-order valence-corrected chi connectivity index (χ0v) is 5.34. The molecule has 1 rings (SSSR count). The lowest BCUT2D eigenvalue weighted by Gasteiger charge is -1.93. The van der Waals surface area contributed by atoms with Gasteiger partial charge >= 0.3 is 0 Å². The molecule has 1 aromatic rings. The Morgan fingerprint density at radius 3 is 2.73 bits per heavy atom. The lowest BCUT2D eigenvalue weighted by molar-refractivity contribution is 0.0985. The molecular weight excluding hydrogens is 156 g/mol. The molecule has 1 aromatic heterocycles. The summed E-state index contributed by atoms with van der Waals surface area (Å²) in [7, 11) is 0. The Morgan fingerprint density at radius 2 is 2.36 bits per heavy atom. The van der Waals surface area contributed by atoms with Gasteiger partial charge in [0.1, 0.15) is 5.69 Å². The van der Waals surface area contributed by atoms with E-state index in [1.165, 1.54) is 0 Å². The first kappa shape index (κ1) is 7.64. The molecule has 0 aromatic carbocycles. The van der Waals surface area contributed by atoms with Crippen LogP contribution in [0.4, 0.5) is 8.78 Å². The van der Waals surface area contributed by atoms with E-state index in [1.807, 2.05) is 0 Å². The Bertz CT molecular complexity index is 270. The standard InChI is InChI=1S/C5H5F2N3O/c6-4(7)3-2(5(8)11)1-9-10-3/h1,4H,(H2,8,11)(H,9,10). The minimum absolute atomic E-state index is 0.264. The zero-order chi connectivity index (χ0) is 8.43. The van der Waals surface area contributed by atoms with E-state index in [9.17, 15) is 13.6 Å². The summed E-state index contributed by atoms with van der Waals surface area (Å²) in [5, 5.41) is 5.29. The van der Waals surface area contributed by atoms with Crippen LogP contribution in [0.1, 0.15) is 22.5 Å². The largest absolute Gasteiger partial charge is 0.365 e. The second kappa shape index (κ2) is 2.65. The molecule has 0 fully saturated rings. The van der Waals surface area contributed by atoms with Crippen LogP contribution < -0.4 is 5.73 Å². The van der Waals surface area contributed by atoms with Gasteiger partial charge in [-0.3, -0.25) is 9.89 Å². The topological polar surface area (TPSA) is 71.8 Å². The van der Waals surface area contributed by atoms with Crippen LogP contribution in [0.25, 0.3) is 0 Å². The number of hydrogen-bond acceptors (Lipinski definition) is 2. The molecule has 1 amide bonds. The summed E-state index contributed by atoms with van der Waals surface area (Å²) >= 11 is 0. The monoisotopic (exact) mass is 161 g/mol. The predicted octanol–water partition coefficient (Wildman–Crippen LogP) is 0.446. The van der Waals surface area contributed by atoms with Crippen LogP contribution in [0.2, 0.25) is 0 Å². The molecule has 0 spiro atoms. The molecule has 1 heterocycles. The average Bonchev–Trinajstić information content (AvgIpc) is 2.32. The fraction of sp³-hybridized carbons (Fsp3) is 0.200. The molecule has 4 nitrogen and oxygen atoms in total. The molecule has 0 atom stereocenters. The van der Waals surface area contributed by atoms with Gasteiger partial charge in [0.15, 0.2) is 0 Å². The lowest BCUT2D eigenvalue weighted by atomic mass is 10.2. The van der Waals surface area contributed by atoms with Crippen molar-refractivity contribution >= 4 is 5.91 Å². The highest BCUT2D eigenvalue weighted by atomic mass is 19.3. The number of aromatic nitrogens is 2. The number of rotatable bonds is 2. The minimum atomic E-state index is -2.77. The molecule has 60 valence electrons. The molecule has 3 N–H and O–H groups in total. The van der Waals surface area contributed by atoms with E-state index < -0.39 is 18.0 Å². The second-order valence-electron chi connectivity index (χ2n) is 1.85. The zero-order valence-electron chi connectivity index (χ0n) is 5.34. The third-order valence-corrected chi connectivity index (χ3v) is 1.14. The Balaban J connectivity index is 3.06. The number of hydrogen-bond donors (Lipinski definition) is 2. The van der Waals surface area contributed by atoms with Gasteiger partial charge in [-0.2, -0.15) is 5.10 Å². The molecule has 0 saturated carbocycles. The molecule has 0 radical (unpaired) electrons. The minimum Gasteiger partial charge on any atom is -0.365 e. The molecule has 0 aliphatic heterocycles. The van der Waals surface area contributed by atoms with Gasteiger partial charge in [0, 0.05) is 6.20 Å². The molecule has 0 bridgehead atoms. The van der Waals surface area contributed by atoms with E-state index >= 15 is 0 Å². The van der Waals surface area contributed by atoms with E-state index in [0.717, 1.165) is 6.20 Å². The molecule has 6 heteroatoms. The summed E-state index contributed by atoms with van der Waals surface area (Å²) in [6.45, 7) is 0. The van der Waals surface area contributed by atoms with Gasteiger partial charge < -0.3 is 5.73 Å². The predicted molar refractivity (Wildman–Crippen MR) is 32.1 cm³/mol. The van der Waals surface area contributed by atoms with Crippen LogP contribution in [0.15, 0.2) is 6.20 Å². The Hall–Kier alpha value is -1.46. The summed E-state index contributed by atoms with van der Waals surface area (Å²) in [4.78, 5) is 10.4. The maximum atomic E-state index is 11.9. The quantitative estimate of drug-likeness (QED) is 0.660. The van der Waals surface area contributed by atoms with E-state index in [0.29, 0.717) is 0 Å². The summed E-state index contributed by atoms with van der Waals surface area (Å²) in [6.07, 6.45) is -1.73. The molecule has 11 heavy (non-hydrogen) atoms. The van der Waals surface area contributed by atoms with E-state index in [-0.39, 0.29) is 5.56 Å². The highest BCUT2D eigenvalue weighted by Crippen LogP contribution is 2.18. The summed E-state index contributed by atoms with van der Waals surface area (Å²) < 4.78 is 23.9. The number of halogens is 2. The van der Waals surface area contributed by atoms with Crippen LogP contribution in [0, 0.1) is 0 Å². The average molecular weight is 161 g/mol. The summed E-state index contributed by atoms with van der Waals surface area (Å²) in [5.41, 5.74) is 3.90. The van der Waals surface area contributed by atoms with Crippen molar-refractivity contribution in [2.24, 2.45) is 5.73 Å². The van der Waals surface area contributed by atoms with Crippen molar-refractivity contribution in [2.45, 2.75) is 6.43 Å². The second-order valence-corrected chi connectivity index (χ2v) is 1.85. The summed E-state index contributed by atoms with van der Waals surface area (Å²) in [6, 6.07) is 0. The number of primary amides is 1. The van der Waals surface area contributed by atoms with Crippen molar-refractivity contribution in [1.82, 2.24) is 10.2 Å². The van der Waals surface area contributed by atoms with E-state index in [2.05, 4.69) is 10.2 Å². The first-order valence-electron chi connectivity index (χ1n) is 2.74. The number of carbonyl (C=O) groups is 1. The Labute approximate surface area is 60.4 Å². The van der Waals surface area contributed by atoms with Crippen LogP contribution >= 0.6 is 0 Å². The van der Waals surface area contributed by atoms with Crippen LogP contribution in [-0.4, -0.2) is 16.1 Å². The number of nitrogens with zero attached hydrogens (tertiary/aromatic N) is 1. The van der Waals surface area contributed by atoms with E-state index in [4.69, 9.17) is 5.73 Å². The molecule has 0 aliphatic carbocycles. The van der Waals surface area contributed by atoms with Gasteiger partial charge in [0.2, 0.25) is 0 Å². The first-order valence-corrected chi connectivity index (χ1v) is 2.74. The number of nitrogens with two attached hydrogens (primary N) is 1. The highest BCUT2D eigenvalue weighted by Gasteiger charge is 2.18. The van der Waals surface area contributed by atoms with Gasteiger partial charge in [0.25, 0.3) is 12.3 Å². The van der Waals surface area contributed by atoms with Gasteiger partial charge in [-0.15, -0.1) is 0 Å². The lowest BCUT2D eigenvalue weighted by Crippen LogP contribution is -2.12. The fourth-order valence-corrected chi connectivity index (χ4v) is 0.664.